The zero-order chi connectivity index (χ0) is 15.7. The van der Waals surface area contributed by atoms with Gasteiger partial charge in [0.2, 0.25) is 0 Å². The summed E-state index contributed by atoms with van der Waals surface area (Å²) >= 11 is 0. The van der Waals surface area contributed by atoms with E-state index < -0.39 is 0 Å². The molecule has 1 heterocycles. The average Bonchev–Trinajstić information content (AvgIpc) is 2.52. The van der Waals surface area contributed by atoms with Crippen LogP contribution >= 0.6 is 0 Å². The second-order valence-electron chi connectivity index (χ2n) is 5.03. The van der Waals surface area contributed by atoms with Crippen LogP contribution in [0.25, 0.3) is 0 Å². The topological polar surface area (TPSA) is 64.8 Å². The van der Waals surface area contributed by atoms with E-state index in [2.05, 4.69) is 47.3 Å². The van der Waals surface area contributed by atoms with Gasteiger partial charge in [0.05, 0.1) is 5.69 Å². The van der Waals surface area contributed by atoms with E-state index >= 15 is 0 Å². The van der Waals surface area contributed by atoms with Crippen molar-refractivity contribution in [3.8, 4) is 6.07 Å². The molecular weight excluding hydrogens is 262 g/mol. The van der Waals surface area contributed by atoms with E-state index in [1.807, 2.05) is 6.92 Å². The summed E-state index contributed by atoms with van der Waals surface area (Å²) < 4.78 is 0. The quantitative estimate of drug-likeness (QED) is 0.757. The van der Waals surface area contributed by atoms with E-state index in [4.69, 9.17) is 0 Å². The molecule has 0 saturated carbocycles. The number of anilines is 1. The van der Waals surface area contributed by atoms with Crippen molar-refractivity contribution in [1.82, 2.24) is 15.1 Å². The number of nitrogens with zero attached hydrogens (tertiary/aromatic N) is 4. The number of hydrogen-bond donors (Lipinski definition) is 1. The Hall–Kier alpha value is -1.67. The van der Waals surface area contributed by atoms with Crippen molar-refractivity contribution in [2.45, 2.75) is 47.0 Å². The lowest BCUT2D eigenvalue weighted by Crippen LogP contribution is -2.30. The minimum absolute atomic E-state index is 0.624. The average molecular weight is 289 g/mol. The first-order chi connectivity index (χ1) is 10.2. The van der Waals surface area contributed by atoms with Crippen molar-refractivity contribution in [3.05, 3.63) is 16.8 Å². The molecule has 0 saturated heterocycles. The highest BCUT2D eigenvalue weighted by Crippen LogP contribution is 2.19. The van der Waals surface area contributed by atoms with E-state index in [9.17, 15) is 5.26 Å². The van der Waals surface area contributed by atoms with Gasteiger partial charge < -0.3 is 10.2 Å². The van der Waals surface area contributed by atoms with Crippen molar-refractivity contribution in [2.75, 3.05) is 31.5 Å². The standard InChI is InChI=1S/C16H27N5/c1-5-10-21(8-4)11-9-18-16-14(12-17)13(6-2)15(7-3)19-20-16/h5-11H2,1-4H3,(H,18,20). The van der Waals surface area contributed by atoms with Gasteiger partial charge in [-0.05, 0) is 37.9 Å². The number of aryl methyl sites for hydroxylation is 1. The molecule has 0 radical (unpaired) electrons. The summed E-state index contributed by atoms with van der Waals surface area (Å²) in [5.74, 6) is 0.624. The van der Waals surface area contributed by atoms with Crippen LogP contribution in [-0.4, -0.2) is 41.3 Å². The summed E-state index contributed by atoms with van der Waals surface area (Å²) in [7, 11) is 0. The zero-order valence-corrected chi connectivity index (χ0v) is 13.7. The van der Waals surface area contributed by atoms with Gasteiger partial charge in [0, 0.05) is 13.1 Å². The lowest BCUT2D eigenvalue weighted by molar-refractivity contribution is 0.300. The predicted octanol–water partition coefficient (Wildman–Crippen LogP) is 2.62. The monoisotopic (exact) mass is 289 g/mol. The van der Waals surface area contributed by atoms with Crippen LogP contribution in [0, 0.1) is 11.3 Å². The molecule has 1 aromatic heterocycles. The summed E-state index contributed by atoms with van der Waals surface area (Å²) in [4.78, 5) is 2.38. The fourth-order valence-electron chi connectivity index (χ4n) is 2.49. The van der Waals surface area contributed by atoms with Gasteiger partial charge in [0.15, 0.2) is 5.82 Å². The number of aromatic nitrogens is 2. The first-order valence-electron chi connectivity index (χ1n) is 7.96. The fourth-order valence-corrected chi connectivity index (χ4v) is 2.49. The Morgan fingerprint density at radius 2 is 1.86 bits per heavy atom. The van der Waals surface area contributed by atoms with E-state index in [1.54, 1.807) is 0 Å². The largest absolute Gasteiger partial charge is 0.366 e. The Balaban J connectivity index is 2.78. The summed E-state index contributed by atoms with van der Waals surface area (Å²) in [5.41, 5.74) is 2.61. The van der Waals surface area contributed by atoms with Crippen molar-refractivity contribution < 1.29 is 0 Å². The molecule has 5 nitrogen and oxygen atoms in total. The molecule has 0 aliphatic heterocycles. The summed E-state index contributed by atoms with van der Waals surface area (Å²) in [6.07, 6.45) is 2.78. The van der Waals surface area contributed by atoms with Crippen LogP contribution in [0.3, 0.4) is 0 Å². The maximum absolute atomic E-state index is 9.42. The second-order valence-corrected chi connectivity index (χ2v) is 5.03. The molecule has 1 rings (SSSR count). The third-order valence-corrected chi connectivity index (χ3v) is 3.67. The van der Waals surface area contributed by atoms with E-state index in [0.29, 0.717) is 11.4 Å². The second kappa shape index (κ2) is 9.30. The first kappa shape index (κ1) is 17.4. The summed E-state index contributed by atoms with van der Waals surface area (Å²) in [5, 5.41) is 21.1. The molecule has 0 aliphatic carbocycles. The summed E-state index contributed by atoms with van der Waals surface area (Å²) in [6.45, 7) is 12.3. The van der Waals surface area contributed by atoms with Crippen molar-refractivity contribution in [2.24, 2.45) is 0 Å². The van der Waals surface area contributed by atoms with Gasteiger partial charge in [-0.15, -0.1) is 5.10 Å². The van der Waals surface area contributed by atoms with Gasteiger partial charge in [-0.3, -0.25) is 0 Å². The molecule has 5 heteroatoms. The molecule has 0 amide bonds. The van der Waals surface area contributed by atoms with Crippen LogP contribution in [-0.2, 0) is 12.8 Å². The molecule has 0 spiro atoms. The molecule has 21 heavy (non-hydrogen) atoms. The van der Waals surface area contributed by atoms with Crippen LogP contribution in [0.2, 0.25) is 0 Å². The molecule has 1 N–H and O–H groups in total. The molecule has 0 fully saturated rings. The first-order valence-corrected chi connectivity index (χ1v) is 7.96. The van der Waals surface area contributed by atoms with Crippen LogP contribution < -0.4 is 5.32 Å². The Labute approximate surface area is 128 Å². The normalized spacial score (nSPS) is 10.7. The van der Waals surface area contributed by atoms with Crippen molar-refractivity contribution in [1.29, 1.82) is 5.26 Å². The number of likely N-dealkylation sites (N-methyl/N-ethyl adjacent to an activating group) is 1. The minimum atomic E-state index is 0.624. The Bertz CT molecular complexity index is 478. The Kier molecular flexibility index (Phi) is 7.70. The lowest BCUT2D eigenvalue weighted by atomic mass is 10.0. The van der Waals surface area contributed by atoms with Gasteiger partial charge in [-0.2, -0.15) is 10.4 Å². The zero-order valence-electron chi connectivity index (χ0n) is 13.7. The Morgan fingerprint density at radius 1 is 1.10 bits per heavy atom. The van der Waals surface area contributed by atoms with Crippen LogP contribution in [0.1, 0.15) is 50.9 Å². The Morgan fingerprint density at radius 3 is 2.38 bits per heavy atom. The highest BCUT2D eigenvalue weighted by Gasteiger charge is 2.14. The summed E-state index contributed by atoms with van der Waals surface area (Å²) in [6, 6.07) is 2.29. The number of rotatable bonds is 9. The number of hydrogen-bond acceptors (Lipinski definition) is 5. The van der Waals surface area contributed by atoms with Crippen molar-refractivity contribution in [3.63, 3.8) is 0 Å². The third kappa shape index (κ3) is 4.68. The SMILES string of the molecule is CCCN(CC)CCNc1nnc(CC)c(CC)c1C#N. The third-order valence-electron chi connectivity index (χ3n) is 3.67. The van der Waals surface area contributed by atoms with E-state index in [-0.39, 0.29) is 0 Å². The van der Waals surface area contributed by atoms with Crippen LogP contribution in [0.15, 0.2) is 0 Å². The van der Waals surface area contributed by atoms with E-state index in [1.165, 1.54) is 0 Å². The molecule has 0 atom stereocenters. The van der Waals surface area contributed by atoms with Gasteiger partial charge in [-0.1, -0.05) is 27.7 Å². The predicted molar refractivity (Wildman–Crippen MR) is 86.4 cm³/mol. The molecule has 0 aliphatic rings. The van der Waals surface area contributed by atoms with E-state index in [0.717, 1.165) is 56.7 Å². The number of nitrogens with one attached hydrogen (secondary N) is 1. The minimum Gasteiger partial charge on any atom is -0.366 e. The molecule has 0 unspecified atom stereocenters. The lowest BCUT2D eigenvalue weighted by Gasteiger charge is -2.20. The molecule has 116 valence electrons. The molecule has 0 bridgehead atoms. The fraction of sp³-hybridized carbons (Fsp3) is 0.688. The highest BCUT2D eigenvalue weighted by molar-refractivity contribution is 5.56. The van der Waals surface area contributed by atoms with Crippen LogP contribution in [0.4, 0.5) is 5.82 Å². The van der Waals surface area contributed by atoms with Gasteiger partial charge in [-0.25, -0.2) is 0 Å². The molecule has 1 aromatic rings. The van der Waals surface area contributed by atoms with Gasteiger partial charge >= 0.3 is 0 Å². The molecule has 0 aromatic carbocycles. The molecular formula is C16H27N5. The maximum Gasteiger partial charge on any atom is 0.166 e. The van der Waals surface area contributed by atoms with Crippen LogP contribution in [0.5, 0.6) is 0 Å². The smallest absolute Gasteiger partial charge is 0.166 e. The van der Waals surface area contributed by atoms with Gasteiger partial charge in [0.1, 0.15) is 11.6 Å². The van der Waals surface area contributed by atoms with Crippen molar-refractivity contribution >= 4 is 5.82 Å². The number of nitriles is 1. The maximum atomic E-state index is 9.42. The van der Waals surface area contributed by atoms with Gasteiger partial charge in [0.25, 0.3) is 0 Å². The highest BCUT2D eigenvalue weighted by atomic mass is 15.2.